The molecule has 0 aliphatic carbocycles. The van der Waals surface area contributed by atoms with Crippen molar-refractivity contribution in [3.05, 3.63) is 0 Å². The third-order valence-electron chi connectivity index (χ3n) is 5.71. The number of carbonyl (C=O) groups is 6. The first-order valence-corrected chi connectivity index (χ1v) is 12.0. The summed E-state index contributed by atoms with van der Waals surface area (Å²) in [5.41, 5.74) is 21.5. The molecule has 36 heavy (non-hydrogen) atoms. The fraction of sp³-hybridized carbons (Fsp3) is 0.727. The molecule has 0 saturated carbocycles. The van der Waals surface area contributed by atoms with E-state index in [0.29, 0.717) is 25.8 Å². The molecule has 5 unspecified atom stereocenters. The summed E-state index contributed by atoms with van der Waals surface area (Å²) >= 11 is 0. The van der Waals surface area contributed by atoms with E-state index in [1.807, 2.05) is 0 Å². The third kappa shape index (κ3) is 13.0. The minimum Gasteiger partial charge on any atom is -0.480 e. The minimum absolute atomic E-state index is 0.00190. The molecule has 0 aliphatic rings. The van der Waals surface area contributed by atoms with Gasteiger partial charge in [-0.3, -0.25) is 24.0 Å². The molecule has 14 nitrogen and oxygen atoms in total. The van der Waals surface area contributed by atoms with Gasteiger partial charge in [0.2, 0.25) is 29.5 Å². The van der Waals surface area contributed by atoms with E-state index < -0.39 is 65.6 Å². The lowest BCUT2D eigenvalue weighted by Crippen LogP contribution is -2.58. The Kier molecular flexibility index (Phi) is 15.7. The van der Waals surface area contributed by atoms with Crippen LogP contribution in [0.15, 0.2) is 0 Å². The standard InChI is InChI=1S/C22H41N7O7/c1-3-12(2)18(21(34)28-15(22(35)36)8-10-17(26)31)29-20(33)14(6-4-5-11-23)27-19(32)13(24)7-9-16(25)30/h12-15,18H,3-11,23-24H2,1-2H3,(H2,25,30)(H2,26,31)(H,27,32)(H,28,34)(H,29,33)(H,35,36). The van der Waals surface area contributed by atoms with Gasteiger partial charge in [-0.05, 0) is 44.6 Å². The molecule has 0 radical (unpaired) electrons. The van der Waals surface area contributed by atoms with Gasteiger partial charge >= 0.3 is 5.97 Å². The van der Waals surface area contributed by atoms with Crippen molar-refractivity contribution in [1.82, 2.24) is 16.0 Å². The number of nitrogens with two attached hydrogens (primary N) is 4. The maximum atomic E-state index is 13.1. The van der Waals surface area contributed by atoms with Crippen LogP contribution in [0.4, 0.5) is 0 Å². The van der Waals surface area contributed by atoms with Crippen LogP contribution in [0.2, 0.25) is 0 Å². The van der Waals surface area contributed by atoms with Crippen molar-refractivity contribution < 1.29 is 33.9 Å². The number of aliphatic carboxylic acids is 1. The Balaban J connectivity index is 5.55. The van der Waals surface area contributed by atoms with Crippen molar-refractivity contribution in [1.29, 1.82) is 0 Å². The van der Waals surface area contributed by atoms with Crippen molar-refractivity contribution in [2.24, 2.45) is 28.9 Å². The van der Waals surface area contributed by atoms with Gasteiger partial charge in [0.05, 0.1) is 6.04 Å². The lowest BCUT2D eigenvalue weighted by atomic mass is 9.96. The zero-order valence-corrected chi connectivity index (χ0v) is 21.0. The smallest absolute Gasteiger partial charge is 0.326 e. The normalized spacial score (nSPS) is 15.0. The Labute approximate surface area is 210 Å². The van der Waals surface area contributed by atoms with E-state index in [1.165, 1.54) is 0 Å². The molecule has 5 amide bonds. The summed E-state index contributed by atoms with van der Waals surface area (Å²) in [6.07, 6.45) is 1.21. The van der Waals surface area contributed by atoms with E-state index in [-0.39, 0.29) is 32.1 Å². The lowest BCUT2D eigenvalue weighted by Gasteiger charge is -2.28. The molecule has 0 aliphatic heterocycles. The molecule has 0 spiro atoms. The summed E-state index contributed by atoms with van der Waals surface area (Å²) in [5.74, 6) is -5.15. The number of hydrogen-bond donors (Lipinski definition) is 8. The molecule has 0 aromatic rings. The van der Waals surface area contributed by atoms with E-state index in [1.54, 1.807) is 13.8 Å². The van der Waals surface area contributed by atoms with Crippen LogP contribution in [0.1, 0.15) is 65.2 Å². The Bertz CT molecular complexity index is 778. The van der Waals surface area contributed by atoms with Gasteiger partial charge in [0, 0.05) is 12.8 Å². The summed E-state index contributed by atoms with van der Waals surface area (Å²) in [6, 6.07) is -4.61. The van der Waals surface area contributed by atoms with Gasteiger partial charge in [0.25, 0.3) is 0 Å². The Morgan fingerprint density at radius 2 is 1.33 bits per heavy atom. The Morgan fingerprint density at radius 1 is 0.778 bits per heavy atom. The zero-order valence-electron chi connectivity index (χ0n) is 21.0. The van der Waals surface area contributed by atoms with Gasteiger partial charge in [-0.1, -0.05) is 20.3 Å². The first-order chi connectivity index (χ1) is 16.8. The van der Waals surface area contributed by atoms with Crippen molar-refractivity contribution in [2.45, 2.75) is 89.4 Å². The van der Waals surface area contributed by atoms with Crippen molar-refractivity contribution in [2.75, 3.05) is 6.54 Å². The number of hydrogen-bond acceptors (Lipinski definition) is 8. The zero-order chi connectivity index (χ0) is 27.8. The van der Waals surface area contributed by atoms with Gasteiger partial charge < -0.3 is 44.0 Å². The molecule has 206 valence electrons. The maximum absolute atomic E-state index is 13.1. The Hall–Kier alpha value is -3.26. The first kappa shape index (κ1) is 32.7. The van der Waals surface area contributed by atoms with Crippen molar-refractivity contribution >= 4 is 35.5 Å². The third-order valence-corrected chi connectivity index (χ3v) is 5.71. The second-order valence-corrected chi connectivity index (χ2v) is 8.73. The topological polar surface area (TPSA) is 263 Å². The molecule has 0 bridgehead atoms. The van der Waals surface area contributed by atoms with Crippen LogP contribution in [0.25, 0.3) is 0 Å². The van der Waals surface area contributed by atoms with Gasteiger partial charge in [-0.2, -0.15) is 0 Å². The molecule has 0 saturated heterocycles. The van der Waals surface area contributed by atoms with Gasteiger partial charge in [0.15, 0.2) is 0 Å². The van der Waals surface area contributed by atoms with Crippen LogP contribution in [0.3, 0.4) is 0 Å². The predicted molar refractivity (Wildman–Crippen MR) is 131 cm³/mol. The van der Waals surface area contributed by atoms with E-state index in [9.17, 15) is 33.9 Å². The fourth-order valence-electron chi connectivity index (χ4n) is 3.23. The molecular formula is C22H41N7O7. The highest BCUT2D eigenvalue weighted by Gasteiger charge is 2.32. The monoisotopic (exact) mass is 515 g/mol. The van der Waals surface area contributed by atoms with E-state index in [4.69, 9.17) is 22.9 Å². The fourth-order valence-corrected chi connectivity index (χ4v) is 3.23. The summed E-state index contributed by atoms with van der Waals surface area (Å²) in [7, 11) is 0. The molecule has 12 N–H and O–H groups in total. The highest BCUT2D eigenvalue weighted by atomic mass is 16.4. The number of carboxylic acids is 1. The quantitative estimate of drug-likeness (QED) is 0.0848. The van der Waals surface area contributed by atoms with Crippen molar-refractivity contribution in [3.63, 3.8) is 0 Å². The van der Waals surface area contributed by atoms with Crippen LogP contribution in [-0.2, 0) is 28.8 Å². The van der Waals surface area contributed by atoms with E-state index in [0.717, 1.165) is 0 Å². The van der Waals surface area contributed by atoms with Crippen LogP contribution in [0, 0.1) is 5.92 Å². The van der Waals surface area contributed by atoms with Crippen LogP contribution < -0.4 is 38.9 Å². The summed E-state index contributed by atoms with van der Waals surface area (Å²) in [4.78, 5) is 72.0. The predicted octanol–water partition coefficient (Wildman–Crippen LogP) is -2.44. The average Bonchev–Trinajstić information content (AvgIpc) is 2.81. The van der Waals surface area contributed by atoms with Crippen molar-refractivity contribution in [3.8, 4) is 0 Å². The molecule has 0 fully saturated rings. The highest BCUT2D eigenvalue weighted by molar-refractivity contribution is 5.94. The number of rotatable bonds is 19. The van der Waals surface area contributed by atoms with E-state index in [2.05, 4.69) is 16.0 Å². The lowest BCUT2D eigenvalue weighted by molar-refractivity contribution is -0.143. The molecule has 0 aromatic heterocycles. The number of unbranched alkanes of at least 4 members (excludes halogenated alkanes) is 1. The minimum atomic E-state index is -1.38. The first-order valence-electron chi connectivity index (χ1n) is 12.0. The number of carboxylic acid groups (broad SMARTS) is 1. The summed E-state index contributed by atoms with van der Waals surface area (Å²) in [5, 5.41) is 16.9. The summed E-state index contributed by atoms with van der Waals surface area (Å²) < 4.78 is 0. The Morgan fingerprint density at radius 3 is 1.83 bits per heavy atom. The summed E-state index contributed by atoms with van der Waals surface area (Å²) in [6.45, 7) is 3.86. The second kappa shape index (κ2) is 17.2. The number of carbonyl (C=O) groups excluding carboxylic acids is 5. The SMILES string of the molecule is CCC(C)C(NC(=O)C(CCCCN)NC(=O)C(N)CCC(N)=O)C(=O)NC(CCC(N)=O)C(=O)O. The van der Waals surface area contributed by atoms with Crippen LogP contribution in [0.5, 0.6) is 0 Å². The van der Waals surface area contributed by atoms with Gasteiger partial charge in [0.1, 0.15) is 18.1 Å². The average molecular weight is 516 g/mol. The number of amides is 5. The van der Waals surface area contributed by atoms with E-state index >= 15 is 0 Å². The molecule has 0 rings (SSSR count). The molecule has 14 heteroatoms. The van der Waals surface area contributed by atoms with Crippen LogP contribution in [-0.4, -0.2) is 71.3 Å². The molecular weight excluding hydrogens is 474 g/mol. The second-order valence-electron chi connectivity index (χ2n) is 8.73. The van der Waals surface area contributed by atoms with Gasteiger partial charge in [-0.15, -0.1) is 0 Å². The number of primary amides is 2. The highest BCUT2D eigenvalue weighted by Crippen LogP contribution is 2.11. The van der Waals surface area contributed by atoms with Gasteiger partial charge in [-0.25, -0.2) is 4.79 Å². The van der Waals surface area contributed by atoms with Crippen LogP contribution >= 0.6 is 0 Å². The molecule has 0 heterocycles. The maximum Gasteiger partial charge on any atom is 0.326 e. The molecule has 5 atom stereocenters. The largest absolute Gasteiger partial charge is 0.480 e. The number of nitrogens with one attached hydrogen (secondary N) is 3. The molecule has 0 aromatic carbocycles.